The van der Waals surface area contributed by atoms with Gasteiger partial charge in [-0.2, -0.15) is 0 Å². The molecule has 0 bridgehead atoms. The second-order valence-electron chi connectivity index (χ2n) is 5.60. The molecule has 116 valence electrons. The van der Waals surface area contributed by atoms with Crippen molar-refractivity contribution in [3.05, 3.63) is 35.9 Å². The number of nitrogens with two attached hydrogens (primary N) is 1. The predicted molar refractivity (Wildman–Crippen MR) is 85.5 cm³/mol. The van der Waals surface area contributed by atoms with Gasteiger partial charge in [0.1, 0.15) is 5.84 Å². The zero-order valence-corrected chi connectivity index (χ0v) is 12.8. The van der Waals surface area contributed by atoms with Gasteiger partial charge in [-0.3, -0.25) is 4.90 Å². The largest absolute Gasteiger partial charge is 0.409 e. The number of oxime groups is 1. The molecule has 3 N–H and O–H groups in total. The van der Waals surface area contributed by atoms with Crippen molar-refractivity contribution in [2.45, 2.75) is 25.8 Å². The summed E-state index contributed by atoms with van der Waals surface area (Å²) in [6.45, 7) is 7.62. The van der Waals surface area contributed by atoms with Crippen molar-refractivity contribution in [1.29, 1.82) is 0 Å². The van der Waals surface area contributed by atoms with E-state index in [1.807, 2.05) is 18.2 Å². The van der Waals surface area contributed by atoms with Gasteiger partial charge in [0.05, 0.1) is 0 Å². The Morgan fingerprint density at radius 2 is 1.90 bits per heavy atom. The van der Waals surface area contributed by atoms with Crippen LogP contribution in [0.1, 0.15) is 31.4 Å². The molecule has 0 amide bonds. The molecule has 1 saturated heterocycles. The van der Waals surface area contributed by atoms with E-state index in [1.54, 1.807) is 0 Å². The quantitative estimate of drug-likeness (QED) is 0.363. The van der Waals surface area contributed by atoms with E-state index in [0.717, 1.165) is 26.2 Å². The molecule has 0 aliphatic carbocycles. The highest BCUT2D eigenvalue weighted by molar-refractivity contribution is 5.80. The first kappa shape index (κ1) is 15.8. The Labute approximate surface area is 127 Å². The van der Waals surface area contributed by atoms with Crippen molar-refractivity contribution < 1.29 is 5.21 Å². The first-order valence-electron chi connectivity index (χ1n) is 7.72. The maximum Gasteiger partial charge on any atom is 0.141 e. The second kappa shape index (κ2) is 8.00. The monoisotopic (exact) mass is 290 g/mol. The average molecular weight is 290 g/mol. The minimum atomic E-state index is 0.186. The molecule has 1 aliphatic rings. The van der Waals surface area contributed by atoms with Crippen LogP contribution in [0.3, 0.4) is 0 Å². The van der Waals surface area contributed by atoms with Gasteiger partial charge in [0.15, 0.2) is 0 Å². The number of hydrogen-bond donors (Lipinski definition) is 2. The van der Waals surface area contributed by atoms with E-state index >= 15 is 0 Å². The molecule has 0 spiro atoms. The van der Waals surface area contributed by atoms with Crippen LogP contribution in [0.2, 0.25) is 0 Å². The van der Waals surface area contributed by atoms with Gasteiger partial charge >= 0.3 is 0 Å². The highest BCUT2D eigenvalue weighted by atomic mass is 16.4. The molecule has 2 rings (SSSR count). The van der Waals surface area contributed by atoms with Crippen molar-refractivity contribution in [2.24, 2.45) is 10.9 Å². The number of amidine groups is 1. The number of rotatable bonds is 6. The Hall–Kier alpha value is -1.59. The summed E-state index contributed by atoms with van der Waals surface area (Å²) in [4.78, 5) is 4.95. The molecule has 0 radical (unpaired) electrons. The molecule has 1 aliphatic heterocycles. The summed E-state index contributed by atoms with van der Waals surface area (Å²) in [6.07, 6.45) is 1.76. The van der Waals surface area contributed by atoms with Gasteiger partial charge in [-0.15, -0.1) is 0 Å². The summed E-state index contributed by atoms with van der Waals surface area (Å²) in [5.74, 6) is 0.292. The summed E-state index contributed by atoms with van der Waals surface area (Å²) in [5.41, 5.74) is 6.99. The third-order valence-electron chi connectivity index (χ3n) is 4.10. The van der Waals surface area contributed by atoms with Gasteiger partial charge in [-0.25, -0.2) is 0 Å². The van der Waals surface area contributed by atoms with Crippen molar-refractivity contribution >= 4 is 5.84 Å². The first-order valence-corrected chi connectivity index (χ1v) is 7.72. The molecule has 1 unspecified atom stereocenters. The molecular weight excluding hydrogens is 264 g/mol. The van der Waals surface area contributed by atoms with Gasteiger partial charge in [0.25, 0.3) is 0 Å². The van der Waals surface area contributed by atoms with Gasteiger partial charge < -0.3 is 15.8 Å². The normalized spacial score (nSPS) is 19.6. The van der Waals surface area contributed by atoms with Crippen LogP contribution in [0, 0.1) is 0 Å². The van der Waals surface area contributed by atoms with Crippen molar-refractivity contribution in [3.8, 4) is 0 Å². The lowest BCUT2D eigenvalue weighted by Crippen LogP contribution is -2.48. The Balaban J connectivity index is 2.06. The van der Waals surface area contributed by atoms with Gasteiger partial charge in [0, 0.05) is 38.6 Å². The van der Waals surface area contributed by atoms with E-state index in [2.05, 4.69) is 34.0 Å². The predicted octanol–water partition coefficient (Wildman–Crippen LogP) is 1.89. The molecule has 5 nitrogen and oxygen atoms in total. The lowest BCUT2D eigenvalue weighted by atomic mass is 10.0. The van der Waals surface area contributed by atoms with Crippen LogP contribution >= 0.6 is 0 Å². The fraction of sp³-hybridized carbons (Fsp3) is 0.562. The van der Waals surface area contributed by atoms with Gasteiger partial charge in [-0.1, -0.05) is 42.4 Å². The van der Waals surface area contributed by atoms with E-state index in [-0.39, 0.29) is 6.04 Å². The fourth-order valence-corrected chi connectivity index (χ4v) is 2.99. The minimum absolute atomic E-state index is 0.186. The van der Waals surface area contributed by atoms with Gasteiger partial charge in [0.2, 0.25) is 0 Å². The van der Waals surface area contributed by atoms with Crippen molar-refractivity contribution in [1.82, 2.24) is 9.80 Å². The zero-order chi connectivity index (χ0) is 15.1. The Morgan fingerprint density at radius 3 is 2.48 bits per heavy atom. The zero-order valence-electron chi connectivity index (χ0n) is 12.8. The summed E-state index contributed by atoms with van der Waals surface area (Å²) in [6, 6.07) is 10.5. The molecule has 0 saturated carbocycles. The molecule has 1 fully saturated rings. The smallest absolute Gasteiger partial charge is 0.141 e. The standard InChI is InChI=1S/C16H26N4O/c1-2-8-19-9-11-20(12-10-19)15(13-16(17)18-21)14-6-4-3-5-7-14/h3-7,15,21H,2,8-13H2,1H3,(H2,17,18). The third-order valence-corrected chi connectivity index (χ3v) is 4.10. The Morgan fingerprint density at radius 1 is 1.24 bits per heavy atom. The van der Waals surface area contributed by atoms with E-state index in [0.29, 0.717) is 12.3 Å². The van der Waals surface area contributed by atoms with Crippen LogP contribution < -0.4 is 5.73 Å². The SMILES string of the molecule is CCCN1CCN(C(CC(N)=NO)c2ccccc2)CC1. The molecule has 1 aromatic rings. The van der Waals surface area contributed by atoms with Crippen LogP contribution in [0.5, 0.6) is 0 Å². The second-order valence-corrected chi connectivity index (χ2v) is 5.60. The Kier molecular flexibility index (Phi) is 6.02. The number of nitrogens with zero attached hydrogens (tertiary/aromatic N) is 3. The van der Waals surface area contributed by atoms with Crippen LogP contribution in [-0.2, 0) is 0 Å². The molecule has 5 heteroatoms. The van der Waals surface area contributed by atoms with E-state index in [9.17, 15) is 0 Å². The average Bonchev–Trinajstić information content (AvgIpc) is 2.54. The molecule has 21 heavy (non-hydrogen) atoms. The van der Waals surface area contributed by atoms with E-state index in [1.165, 1.54) is 18.5 Å². The summed E-state index contributed by atoms with van der Waals surface area (Å²) >= 11 is 0. The summed E-state index contributed by atoms with van der Waals surface area (Å²) < 4.78 is 0. The Bertz CT molecular complexity index is 441. The minimum Gasteiger partial charge on any atom is -0.409 e. The number of benzene rings is 1. The highest BCUT2D eigenvalue weighted by Gasteiger charge is 2.25. The summed E-state index contributed by atoms with van der Waals surface area (Å²) in [7, 11) is 0. The highest BCUT2D eigenvalue weighted by Crippen LogP contribution is 2.25. The lowest BCUT2D eigenvalue weighted by molar-refractivity contribution is 0.0976. The molecule has 1 heterocycles. The van der Waals surface area contributed by atoms with E-state index < -0.39 is 0 Å². The maximum atomic E-state index is 8.88. The van der Waals surface area contributed by atoms with Crippen molar-refractivity contribution in [2.75, 3.05) is 32.7 Å². The fourth-order valence-electron chi connectivity index (χ4n) is 2.99. The lowest BCUT2D eigenvalue weighted by Gasteiger charge is -2.39. The number of piperazine rings is 1. The molecular formula is C16H26N4O. The van der Waals surface area contributed by atoms with Crippen LogP contribution in [0.15, 0.2) is 35.5 Å². The first-order chi connectivity index (χ1) is 10.2. The summed E-state index contributed by atoms with van der Waals surface area (Å²) in [5, 5.41) is 12.0. The van der Waals surface area contributed by atoms with Crippen LogP contribution in [-0.4, -0.2) is 53.6 Å². The van der Waals surface area contributed by atoms with Crippen molar-refractivity contribution in [3.63, 3.8) is 0 Å². The third kappa shape index (κ3) is 4.44. The van der Waals surface area contributed by atoms with Gasteiger partial charge in [-0.05, 0) is 18.5 Å². The maximum absolute atomic E-state index is 8.88. The van der Waals surface area contributed by atoms with Crippen LogP contribution in [0.4, 0.5) is 0 Å². The number of hydrogen-bond acceptors (Lipinski definition) is 4. The topological polar surface area (TPSA) is 65.1 Å². The molecule has 1 atom stereocenters. The molecule has 1 aromatic carbocycles. The molecule has 0 aromatic heterocycles. The van der Waals surface area contributed by atoms with Crippen LogP contribution in [0.25, 0.3) is 0 Å². The van der Waals surface area contributed by atoms with E-state index in [4.69, 9.17) is 10.9 Å².